The largest absolute Gasteiger partial charge is 0.467 e. The van der Waals surface area contributed by atoms with Crippen molar-refractivity contribution < 1.29 is 13.9 Å². The van der Waals surface area contributed by atoms with Gasteiger partial charge in [0.1, 0.15) is 12.1 Å². The molecule has 1 amide bonds. The Morgan fingerprint density at radius 2 is 2.08 bits per heavy atom. The fraction of sp³-hybridized carbons (Fsp3) is 0.0625. The summed E-state index contributed by atoms with van der Waals surface area (Å²) in [6, 6.07) is 9.33. The van der Waals surface area contributed by atoms with Crippen LogP contribution in [0.25, 0.3) is 10.9 Å². The molecule has 5 nitrogen and oxygen atoms in total. The van der Waals surface area contributed by atoms with Crippen LogP contribution in [0, 0.1) is 5.82 Å². The lowest BCUT2D eigenvalue weighted by molar-refractivity contribution is -0.118. The van der Waals surface area contributed by atoms with Crippen molar-refractivity contribution in [2.24, 2.45) is 0 Å². The van der Waals surface area contributed by atoms with Gasteiger partial charge in [-0.25, -0.2) is 14.4 Å². The van der Waals surface area contributed by atoms with Gasteiger partial charge in [0.15, 0.2) is 6.61 Å². The minimum absolute atomic E-state index is 0.00797. The predicted octanol–water partition coefficient (Wildman–Crippen LogP) is 4.20. The van der Waals surface area contributed by atoms with Gasteiger partial charge in [0.2, 0.25) is 5.88 Å². The van der Waals surface area contributed by atoms with Crippen LogP contribution in [0.5, 0.6) is 5.88 Å². The molecular weight excluding hydrogens is 401 g/mol. The maximum absolute atomic E-state index is 13.6. The van der Waals surface area contributed by atoms with Crippen LogP contribution in [0.3, 0.4) is 0 Å². The summed E-state index contributed by atoms with van der Waals surface area (Å²) in [5, 5.41) is 3.38. The van der Waals surface area contributed by atoms with Crippen LogP contribution in [0.15, 0.2) is 47.2 Å². The number of carbonyl (C=O) groups excluding carboxylic acids is 1. The Labute approximate surface area is 150 Å². The van der Waals surface area contributed by atoms with Crippen molar-refractivity contribution >= 4 is 50.0 Å². The van der Waals surface area contributed by atoms with E-state index in [1.165, 1.54) is 24.5 Å². The summed E-state index contributed by atoms with van der Waals surface area (Å²) in [5.74, 6) is -0.842. The second-order valence-electron chi connectivity index (χ2n) is 4.80. The van der Waals surface area contributed by atoms with Crippen LogP contribution in [-0.4, -0.2) is 22.5 Å². The summed E-state index contributed by atoms with van der Waals surface area (Å²) in [4.78, 5) is 20.1. The quantitative estimate of drug-likeness (QED) is 0.700. The molecule has 2 aromatic carbocycles. The number of carbonyl (C=O) groups is 1. The standard InChI is InChI=1S/C16H10BrClFN3O2/c17-9-1-4-13-11(5-9)16(21-8-20-13)24-7-15(23)22-14-6-10(18)2-3-12(14)19/h1-6,8H,7H2,(H,22,23). The first kappa shape index (κ1) is 16.6. The third kappa shape index (κ3) is 3.80. The van der Waals surface area contributed by atoms with Crippen LogP contribution >= 0.6 is 27.5 Å². The zero-order valence-corrected chi connectivity index (χ0v) is 14.4. The smallest absolute Gasteiger partial charge is 0.262 e. The molecule has 24 heavy (non-hydrogen) atoms. The van der Waals surface area contributed by atoms with Gasteiger partial charge < -0.3 is 10.1 Å². The summed E-state index contributed by atoms with van der Waals surface area (Å²) < 4.78 is 19.9. The summed E-state index contributed by atoms with van der Waals surface area (Å²) >= 11 is 9.14. The second-order valence-corrected chi connectivity index (χ2v) is 6.15. The lowest BCUT2D eigenvalue weighted by atomic mass is 10.2. The average molecular weight is 411 g/mol. The molecule has 122 valence electrons. The first-order valence-corrected chi connectivity index (χ1v) is 7.98. The number of halogens is 3. The van der Waals surface area contributed by atoms with Gasteiger partial charge in [0.25, 0.3) is 5.91 Å². The molecule has 0 aliphatic carbocycles. The fourth-order valence-electron chi connectivity index (χ4n) is 2.03. The van der Waals surface area contributed by atoms with Gasteiger partial charge >= 0.3 is 0 Å². The van der Waals surface area contributed by atoms with E-state index in [4.69, 9.17) is 16.3 Å². The van der Waals surface area contributed by atoms with E-state index in [-0.39, 0.29) is 18.2 Å². The number of hydrogen-bond acceptors (Lipinski definition) is 4. The van der Waals surface area contributed by atoms with E-state index < -0.39 is 11.7 Å². The van der Waals surface area contributed by atoms with Crippen molar-refractivity contribution in [3.63, 3.8) is 0 Å². The molecule has 0 spiro atoms. The Hall–Kier alpha value is -2.25. The lowest BCUT2D eigenvalue weighted by Crippen LogP contribution is -2.21. The molecule has 0 atom stereocenters. The molecule has 1 heterocycles. The molecule has 0 unspecified atom stereocenters. The molecule has 0 saturated heterocycles. The number of benzene rings is 2. The highest BCUT2D eigenvalue weighted by molar-refractivity contribution is 9.10. The van der Waals surface area contributed by atoms with Gasteiger partial charge in [-0.2, -0.15) is 0 Å². The van der Waals surface area contributed by atoms with Crippen molar-refractivity contribution in [3.05, 3.63) is 58.0 Å². The molecule has 3 aromatic rings. The van der Waals surface area contributed by atoms with Crippen LogP contribution in [-0.2, 0) is 4.79 Å². The number of aromatic nitrogens is 2. The van der Waals surface area contributed by atoms with Crippen LogP contribution in [0.2, 0.25) is 5.02 Å². The third-order valence-electron chi connectivity index (χ3n) is 3.10. The van der Waals surface area contributed by atoms with E-state index in [0.29, 0.717) is 15.9 Å². The van der Waals surface area contributed by atoms with Crippen molar-refractivity contribution in [2.75, 3.05) is 11.9 Å². The number of rotatable bonds is 4. The van der Waals surface area contributed by atoms with Crippen molar-refractivity contribution in [2.45, 2.75) is 0 Å². The highest BCUT2D eigenvalue weighted by Gasteiger charge is 2.11. The van der Waals surface area contributed by atoms with Gasteiger partial charge in [0.05, 0.1) is 16.6 Å². The lowest BCUT2D eigenvalue weighted by Gasteiger charge is -2.09. The van der Waals surface area contributed by atoms with E-state index in [1.807, 2.05) is 6.07 Å². The highest BCUT2D eigenvalue weighted by atomic mass is 79.9. The monoisotopic (exact) mass is 409 g/mol. The number of nitrogens with one attached hydrogen (secondary N) is 1. The van der Waals surface area contributed by atoms with Crippen molar-refractivity contribution in [1.29, 1.82) is 0 Å². The van der Waals surface area contributed by atoms with Gasteiger partial charge in [-0.3, -0.25) is 4.79 Å². The number of hydrogen-bond donors (Lipinski definition) is 1. The van der Waals surface area contributed by atoms with E-state index in [0.717, 1.165) is 4.47 Å². The summed E-state index contributed by atoms with van der Waals surface area (Å²) in [6.45, 7) is -0.329. The average Bonchev–Trinajstić information content (AvgIpc) is 2.56. The van der Waals surface area contributed by atoms with E-state index in [1.54, 1.807) is 12.1 Å². The Balaban J connectivity index is 1.73. The number of nitrogens with zero attached hydrogens (tertiary/aromatic N) is 2. The van der Waals surface area contributed by atoms with E-state index >= 15 is 0 Å². The Kier molecular flexibility index (Phi) is 4.92. The fourth-order valence-corrected chi connectivity index (χ4v) is 2.57. The van der Waals surface area contributed by atoms with Gasteiger partial charge in [-0.1, -0.05) is 27.5 Å². The maximum Gasteiger partial charge on any atom is 0.262 e. The molecular formula is C16H10BrClFN3O2. The maximum atomic E-state index is 13.6. The topological polar surface area (TPSA) is 64.1 Å². The normalized spacial score (nSPS) is 10.6. The summed E-state index contributed by atoms with van der Waals surface area (Å²) in [7, 11) is 0. The van der Waals surface area contributed by atoms with Crippen molar-refractivity contribution in [1.82, 2.24) is 9.97 Å². The summed E-state index contributed by atoms with van der Waals surface area (Å²) in [5.41, 5.74) is 0.677. The molecule has 3 rings (SSSR count). The molecule has 0 radical (unpaired) electrons. The first-order chi connectivity index (χ1) is 11.5. The zero-order valence-electron chi connectivity index (χ0n) is 12.1. The Morgan fingerprint density at radius 1 is 1.25 bits per heavy atom. The highest BCUT2D eigenvalue weighted by Crippen LogP contribution is 2.25. The van der Waals surface area contributed by atoms with E-state index in [2.05, 4.69) is 31.2 Å². The molecule has 0 bridgehead atoms. The van der Waals surface area contributed by atoms with Crippen molar-refractivity contribution in [3.8, 4) is 5.88 Å². The molecule has 0 aliphatic heterocycles. The molecule has 0 fully saturated rings. The third-order valence-corrected chi connectivity index (χ3v) is 3.83. The van der Waals surface area contributed by atoms with Crippen LogP contribution < -0.4 is 10.1 Å². The van der Waals surface area contributed by atoms with Crippen LogP contribution in [0.4, 0.5) is 10.1 Å². The van der Waals surface area contributed by atoms with E-state index in [9.17, 15) is 9.18 Å². The zero-order chi connectivity index (χ0) is 17.1. The first-order valence-electron chi connectivity index (χ1n) is 6.81. The molecule has 8 heteroatoms. The minimum atomic E-state index is -0.579. The minimum Gasteiger partial charge on any atom is -0.467 e. The second kappa shape index (κ2) is 7.11. The van der Waals surface area contributed by atoms with Crippen LogP contribution in [0.1, 0.15) is 0 Å². The molecule has 0 aliphatic rings. The number of anilines is 1. The molecule has 1 aromatic heterocycles. The van der Waals surface area contributed by atoms with Gasteiger partial charge in [0, 0.05) is 9.50 Å². The molecule has 0 saturated carbocycles. The SMILES string of the molecule is O=C(COc1ncnc2ccc(Br)cc12)Nc1cc(Cl)ccc1F. The Morgan fingerprint density at radius 3 is 2.92 bits per heavy atom. The predicted molar refractivity (Wildman–Crippen MR) is 92.8 cm³/mol. The summed E-state index contributed by atoms with van der Waals surface area (Å²) in [6.07, 6.45) is 1.35. The molecule has 1 N–H and O–H groups in total. The van der Waals surface area contributed by atoms with Gasteiger partial charge in [-0.15, -0.1) is 0 Å². The van der Waals surface area contributed by atoms with Gasteiger partial charge in [-0.05, 0) is 36.4 Å². The number of amides is 1. The number of fused-ring (bicyclic) bond motifs is 1. The Bertz CT molecular complexity index is 923. The number of ether oxygens (including phenoxy) is 1.